The van der Waals surface area contributed by atoms with Crippen LogP contribution in [0, 0.1) is 12.8 Å². The number of benzene rings is 1. The van der Waals surface area contributed by atoms with Gasteiger partial charge in [-0.25, -0.2) is 0 Å². The fourth-order valence-corrected chi connectivity index (χ4v) is 2.35. The molecule has 0 aromatic heterocycles. The third-order valence-corrected chi connectivity index (χ3v) is 3.56. The molecule has 0 fully saturated rings. The highest BCUT2D eigenvalue weighted by Gasteiger charge is 2.09. The van der Waals surface area contributed by atoms with Crippen LogP contribution in [-0.2, 0) is 9.53 Å². The molecule has 0 aliphatic rings. The zero-order chi connectivity index (χ0) is 12.7. The number of hydrogen-bond acceptors (Lipinski definition) is 4. The largest absolute Gasteiger partial charge is 0.466 e. The summed E-state index contributed by atoms with van der Waals surface area (Å²) in [7, 11) is 1.60. The molecule has 0 N–H and O–H groups in total. The van der Waals surface area contributed by atoms with Crippen LogP contribution in [0.15, 0.2) is 23.1 Å². The molecular formula is C13H18O3S. The number of carbonyl (C=O) groups excluding carboxylic acids is 1. The van der Waals surface area contributed by atoms with Crippen LogP contribution in [-0.4, -0.2) is 25.9 Å². The fourth-order valence-electron chi connectivity index (χ4n) is 1.30. The van der Waals surface area contributed by atoms with Crippen LogP contribution >= 0.6 is 11.8 Å². The average molecular weight is 254 g/mol. The topological polar surface area (TPSA) is 35.5 Å². The van der Waals surface area contributed by atoms with Crippen molar-refractivity contribution < 1.29 is 14.3 Å². The summed E-state index contributed by atoms with van der Waals surface area (Å²) in [4.78, 5) is 11.6. The molecule has 0 heterocycles. The summed E-state index contributed by atoms with van der Waals surface area (Å²) < 4.78 is 10.5. The van der Waals surface area contributed by atoms with Crippen LogP contribution in [0.4, 0.5) is 0 Å². The van der Waals surface area contributed by atoms with Gasteiger partial charge in [-0.3, -0.25) is 0 Å². The van der Waals surface area contributed by atoms with E-state index >= 15 is 0 Å². The molecule has 0 amide bonds. The summed E-state index contributed by atoms with van der Waals surface area (Å²) in [5, 5.41) is 0. The van der Waals surface area contributed by atoms with Crippen molar-refractivity contribution in [3.05, 3.63) is 23.8 Å². The zero-order valence-electron chi connectivity index (χ0n) is 10.4. The van der Waals surface area contributed by atoms with E-state index in [0.29, 0.717) is 0 Å². The van der Waals surface area contributed by atoms with Gasteiger partial charge in [-0.1, -0.05) is 19.1 Å². The van der Waals surface area contributed by atoms with Crippen molar-refractivity contribution in [3.8, 4) is 5.75 Å². The van der Waals surface area contributed by atoms with Gasteiger partial charge in [0, 0.05) is 23.7 Å². The molecule has 17 heavy (non-hydrogen) atoms. The standard InChI is InChI=1S/C13H18O3S/c1-10(7-14)8-17-12-6-4-5-11(2)13(12)16-9-15-3/h4-7,10H,8-9H2,1-3H3. The van der Waals surface area contributed by atoms with E-state index in [9.17, 15) is 4.79 Å². The van der Waals surface area contributed by atoms with E-state index < -0.39 is 0 Å². The van der Waals surface area contributed by atoms with E-state index in [1.807, 2.05) is 32.0 Å². The molecule has 0 radical (unpaired) electrons. The van der Waals surface area contributed by atoms with E-state index in [1.165, 1.54) is 0 Å². The number of para-hydroxylation sites is 1. The third-order valence-electron chi connectivity index (χ3n) is 2.23. The molecule has 0 aliphatic heterocycles. The Morgan fingerprint density at radius 1 is 1.47 bits per heavy atom. The van der Waals surface area contributed by atoms with Gasteiger partial charge in [-0.15, -0.1) is 11.8 Å². The van der Waals surface area contributed by atoms with Gasteiger partial charge in [0.05, 0.1) is 0 Å². The lowest BCUT2D eigenvalue weighted by atomic mass is 10.2. The summed E-state index contributed by atoms with van der Waals surface area (Å²) >= 11 is 1.63. The number of methoxy groups -OCH3 is 1. The first-order valence-corrected chi connectivity index (χ1v) is 6.47. The number of aldehydes is 1. The fraction of sp³-hybridized carbons (Fsp3) is 0.462. The molecule has 0 spiro atoms. The maximum atomic E-state index is 10.6. The second kappa shape index (κ2) is 7.35. The maximum Gasteiger partial charge on any atom is 0.188 e. The molecule has 1 atom stereocenters. The van der Waals surface area contributed by atoms with E-state index in [-0.39, 0.29) is 12.7 Å². The molecule has 3 nitrogen and oxygen atoms in total. The van der Waals surface area contributed by atoms with E-state index in [0.717, 1.165) is 28.2 Å². The van der Waals surface area contributed by atoms with E-state index in [2.05, 4.69) is 0 Å². The van der Waals surface area contributed by atoms with Crippen molar-refractivity contribution in [1.29, 1.82) is 0 Å². The maximum absolute atomic E-state index is 10.6. The highest BCUT2D eigenvalue weighted by molar-refractivity contribution is 7.99. The summed E-state index contributed by atoms with van der Waals surface area (Å²) in [6.07, 6.45) is 0.971. The number of aryl methyl sites for hydroxylation is 1. The first-order chi connectivity index (χ1) is 8.19. The Hall–Kier alpha value is -1.00. The van der Waals surface area contributed by atoms with Crippen LogP contribution in [0.1, 0.15) is 12.5 Å². The Labute approximate surface area is 106 Å². The summed E-state index contributed by atoms with van der Waals surface area (Å²) in [6, 6.07) is 5.99. The van der Waals surface area contributed by atoms with E-state index in [4.69, 9.17) is 9.47 Å². The normalized spacial score (nSPS) is 12.2. The molecule has 0 saturated carbocycles. The summed E-state index contributed by atoms with van der Waals surface area (Å²) in [5.74, 6) is 1.66. The smallest absolute Gasteiger partial charge is 0.188 e. The van der Waals surface area contributed by atoms with Crippen molar-refractivity contribution in [1.82, 2.24) is 0 Å². The Bertz CT molecular complexity index is 366. The summed E-state index contributed by atoms with van der Waals surface area (Å²) in [5.41, 5.74) is 1.07. The first-order valence-electron chi connectivity index (χ1n) is 5.48. The molecule has 1 unspecified atom stereocenters. The molecule has 1 aromatic rings. The van der Waals surface area contributed by atoms with Crippen LogP contribution in [0.3, 0.4) is 0 Å². The van der Waals surface area contributed by atoms with Crippen molar-refractivity contribution >= 4 is 18.0 Å². The number of hydrogen-bond donors (Lipinski definition) is 0. The third kappa shape index (κ3) is 4.40. The van der Waals surface area contributed by atoms with Gasteiger partial charge in [-0.05, 0) is 18.6 Å². The van der Waals surface area contributed by atoms with Crippen molar-refractivity contribution in [2.75, 3.05) is 19.7 Å². The molecule has 1 aromatic carbocycles. The molecule has 0 saturated heterocycles. The van der Waals surface area contributed by atoms with Crippen LogP contribution < -0.4 is 4.74 Å². The lowest BCUT2D eigenvalue weighted by Crippen LogP contribution is -2.03. The van der Waals surface area contributed by atoms with Gasteiger partial charge in [0.1, 0.15) is 12.0 Å². The second-order valence-corrected chi connectivity index (χ2v) is 4.94. The zero-order valence-corrected chi connectivity index (χ0v) is 11.3. The quantitative estimate of drug-likeness (QED) is 0.426. The Morgan fingerprint density at radius 3 is 2.88 bits per heavy atom. The SMILES string of the molecule is COCOc1c(C)cccc1SCC(C)C=O. The molecule has 0 aliphatic carbocycles. The van der Waals surface area contributed by atoms with Gasteiger partial charge >= 0.3 is 0 Å². The van der Waals surface area contributed by atoms with Gasteiger partial charge < -0.3 is 14.3 Å². The highest BCUT2D eigenvalue weighted by atomic mass is 32.2. The first kappa shape index (κ1) is 14.1. The minimum Gasteiger partial charge on any atom is -0.466 e. The van der Waals surface area contributed by atoms with Gasteiger partial charge in [0.2, 0.25) is 0 Å². The average Bonchev–Trinajstić information content (AvgIpc) is 2.34. The Morgan fingerprint density at radius 2 is 2.24 bits per heavy atom. The Kier molecular flexibility index (Phi) is 6.08. The lowest BCUT2D eigenvalue weighted by Gasteiger charge is -2.13. The Balaban J connectivity index is 2.75. The molecule has 1 rings (SSSR count). The number of rotatable bonds is 7. The van der Waals surface area contributed by atoms with Gasteiger partial charge in [0.15, 0.2) is 6.79 Å². The molecule has 0 bridgehead atoms. The van der Waals surface area contributed by atoms with Crippen molar-refractivity contribution in [2.24, 2.45) is 5.92 Å². The van der Waals surface area contributed by atoms with Crippen LogP contribution in [0.5, 0.6) is 5.75 Å². The predicted molar refractivity (Wildman–Crippen MR) is 69.6 cm³/mol. The molecule has 94 valence electrons. The van der Waals surface area contributed by atoms with Crippen LogP contribution in [0.25, 0.3) is 0 Å². The molecular weight excluding hydrogens is 236 g/mol. The van der Waals surface area contributed by atoms with E-state index in [1.54, 1.807) is 18.9 Å². The van der Waals surface area contributed by atoms with Crippen molar-refractivity contribution in [3.63, 3.8) is 0 Å². The monoisotopic (exact) mass is 254 g/mol. The minimum atomic E-state index is 0.0517. The highest BCUT2D eigenvalue weighted by Crippen LogP contribution is 2.33. The second-order valence-electron chi connectivity index (χ2n) is 3.88. The van der Waals surface area contributed by atoms with Gasteiger partial charge in [0.25, 0.3) is 0 Å². The number of thioether (sulfide) groups is 1. The number of ether oxygens (including phenoxy) is 2. The minimum absolute atomic E-state index is 0.0517. The summed E-state index contributed by atoms with van der Waals surface area (Å²) in [6.45, 7) is 4.14. The molecule has 4 heteroatoms. The predicted octanol–water partition coefficient (Wildman–Crippen LogP) is 2.90. The van der Waals surface area contributed by atoms with Crippen LogP contribution in [0.2, 0.25) is 0 Å². The lowest BCUT2D eigenvalue weighted by molar-refractivity contribution is -0.110. The number of carbonyl (C=O) groups is 1. The van der Waals surface area contributed by atoms with Gasteiger partial charge in [-0.2, -0.15) is 0 Å². The van der Waals surface area contributed by atoms with Crippen molar-refractivity contribution in [2.45, 2.75) is 18.7 Å².